The summed E-state index contributed by atoms with van der Waals surface area (Å²) >= 11 is 0. The van der Waals surface area contributed by atoms with Gasteiger partial charge in [0.1, 0.15) is 5.25 Å². The number of rotatable bonds is 17. The number of hydrogen-bond donors (Lipinski definition) is 1. The third-order valence-electron chi connectivity index (χ3n) is 6.61. The van der Waals surface area contributed by atoms with Crippen LogP contribution in [-0.2, 0) is 30.6 Å². The molecule has 0 aliphatic rings. The number of aryl methyl sites for hydroxylation is 2. The minimum absolute atomic E-state index is 0.157. The van der Waals surface area contributed by atoms with E-state index in [0.29, 0.717) is 43.8 Å². The molecule has 2 aromatic carbocycles. The van der Waals surface area contributed by atoms with Crippen LogP contribution in [0.3, 0.4) is 0 Å². The number of sulfone groups is 1. The van der Waals surface area contributed by atoms with Gasteiger partial charge in [0.25, 0.3) is 0 Å². The maximum Gasteiger partial charge on any atom is 0.313 e. The average molecular weight is 589 g/mol. The zero-order valence-corrected chi connectivity index (χ0v) is 25.6. The average Bonchev–Trinajstić information content (AvgIpc) is 2.93. The molecule has 2 unspecified atom stereocenters. The molecule has 2 atom stereocenters. The van der Waals surface area contributed by atoms with Gasteiger partial charge in [-0.2, -0.15) is 0 Å². The number of unbranched alkanes of at least 4 members (excludes halogenated alkanes) is 3. The van der Waals surface area contributed by atoms with Crippen molar-refractivity contribution in [3.05, 3.63) is 65.7 Å². The molecule has 41 heavy (non-hydrogen) atoms. The Morgan fingerprint density at radius 2 is 1.71 bits per heavy atom. The van der Waals surface area contributed by atoms with E-state index in [1.165, 1.54) is 7.11 Å². The van der Waals surface area contributed by atoms with E-state index in [-0.39, 0.29) is 29.2 Å². The van der Waals surface area contributed by atoms with Crippen LogP contribution in [0.2, 0.25) is 0 Å². The van der Waals surface area contributed by atoms with Crippen LogP contribution in [0.5, 0.6) is 11.5 Å². The lowest BCUT2D eigenvalue weighted by Gasteiger charge is -2.21. The van der Waals surface area contributed by atoms with Crippen molar-refractivity contribution in [3.63, 3.8) is 0 Å². The standard InChI is InChI=1S/C32H44O8S/c1-6-39-31(34)13-11-9-7-8-10-12-30(41(36,37)26-18-14-24(4)15-19-26)27(33)20-16-25-17-21-28(29(22-25)38-5)40-32(35)23(2)3/h10,12,14-15,17-19,21-23,27,30,33H,6-9,11,13,16,20H2,1-5H3. The summed E-state index contributed by atoms with van der Waals surface area (Å²) in [6, 6.07) is 11.8. The van der Waals surface area contributed by atoms with Crippen molar-refractivity contribution in [2.45, 2.75) is 88.9 Å². The number of methoxy groups -OCH3 is 1. The molecule has 0 aliphatic carbocycles. The fourth-order valence-electron chi connectivity index (χ4n) is 4.15. The molecule has 0 bridgehead atoms. The number of benzene rings is 2. The van der Waals surface area contributed by atoms with Crippen molar-refractivity contribution in [1.29, 1.82) is 0 Å². The molecule has 2 aromatic rings. The smallest absolute Gasteiger partial charge is 0.313 e. The molecule has 0 saturated heterocycles. The molecule has 1 N–H and O–H groups in total. The minimum atomic E-state index is -3.86. The third kappa shape index (κ3) is 11.0. The molecule has 0 aliphatic heterocycles. The largest absolute Gasteiger partial charge is 0.493 e. The predicted molar refractivity (Wildman–Crippen MR) is 159 cm³/mol. The SMILES string of the molecule is CCOC(=O)CCCCCC=CC(C(O)CCc1ccc(OC(=O)C(C)C)c(OC)c1)S(=O)(=O)c1ccc(C)cc1. The van der Waals surface area contributed by atoms with Crippen LogP contribution in [0.25, 0.3) is 0 Å². The van der Waals surface area contributed by atoms with Crippen molar-refractivity contribution in [1.82, 2.24) is 0 Å². The first-order valence-corrected chi connectivity index (χ1v) is 15.7. The van der Waals surface area contributed by atoms with Crippen molar-refractivity contribution >= 4 is 21.8 Å². The van der Waals surface area contributed by atoms with E-state index in [2.05, 4.69) is 0 Å². The van der Waals surface area contributed by atoms with E-state index < -0.39 is 21.2 Å². The topological polar surface area (TPSA) is 116 Å². The molecular weight excluding hydrogens is 544 g/mol. The Labute approximate surface area is 244 Å². The number of carbonyl (C=O) groups excluding carboxylic acids is 2. The van der Waals surface area contributed by atoms with Gasteiger partial charge in [0.05, 0.1) is 30.6 Å². The van der Waals surface area contributed by atoms with E-state index in [1.807, 2.05) is 6.92 Å². The maximum atomic E-state index is 13.6. The Bertz CT molecular complexity index is 1250. The first-order chi connectivity index (χ1) is 19.5. The molecule has 8 nitrogen and oxygen atoms in total. The monoisotopic (exact) mass is 588 g/mol. The number of esters is 2. The Morgan fingerprint density at radius 3 is 2.34 bits per heavy atom. The summed E-state index contributed by atoms with van der Waals surface area (Å²) in [4.78, 5) is 23.6. The van der Waals surface area contributed by atoms with E-state index in [4.69, 9.17) is 14.2 Å². The zero-order valence-electron chi connectivity index (χ0n) is 24.8. The molecule has 0 fully saturated rings. The minimum Gasteiger partial charge on any atom is -0.493 e. The molecule has 0 saturated carbocycles. The van der Waals surface area contributed by atoms with Gasteiger partial charge in [-0.1, -0.05) is 56.2 Å². The molecule has 0 radical (unpaired) electrons. The van der Waals surface area contributed by atoms with Crippen LogP contribution >= 0.6 is 0 Å². The van der Waals surface area contributed by atoms with Crippen LogP contribution < -0.4 is 9.47 Å². The predicted octanol–water partition coefficient (Wildman–Crippen LogP) is 5.77. The van der Waals surface area contributed by atoms with Gasteiger partial charge in [0, 0.05) is 6.42 Å². The van der Waals surface area contributed by atoms with Crippen LogP contribution in [0.15, 0.2) is 59.5 Å². The second-order valence-electron chi connectivity index (χ2n) is 10.3. The fraction of sp³-hybridized carbons (Fsp3) is 0.500. The lowest BCUT2D eigenvalue weighted by molar-refractivity contribution is -0.143. The van der Waals surface area contributed by atoms with Gasteiger partial charge in [0.2, 0.25) is 0 Å². The number of hydrogen-bond acceptors (Lipinski definition) is 8. The van der Waals surface area contributed by atoms with Gasteiger partial charge in [-0.05, 0) is 75.8 Å². The van der Waals surface area contributed by atoms with Gasteiger partial charge in [-0.25, -0.2) is 8.42 Å². The molecule has 0 amide bonds. The van der Waals surface area contributed by atoms with Crippen molar-refractivity contribution < 1.29 is 37.3 Å². The molecule has 0 heterocycles. The number of aliphatic hydroxyl groups is 1. The summed E-state index contributed by atoms with van der Waals surface area (Å²) in [6.45, 7) is 7.51. The van der Waals surface area contributed by atoms with Crippen molar-refractivity contribution in [3.8, 4) is 11.5 Å². The second kappa shape index (κ2) is 16.9. The molecular formula is C32H44O8S. The number of ether oxygens (including phenoxy) is 3. The Morgan fingerprint density at radius 1 is 1.00 bits per heavy atom. The lowest BCUT2D eigenvalue weighted by Crippen LogP contribution is -2.33. The van der Waals surface area contributed by atoms with Crippen LogP contribution in [0, 0.1) is 12.8 Å². The van der Waals surface area contributed by atoms with Gasteiger partial charge < -0.3 is 19.3 Å². The van der Waals surface area contributed by atoms with Crippen molar-refractivity contribution in [2.24, 2.45) is 5.92 Å². The van der Waals surface area contributed by atoms with E-state index in [9.17, 15) is 23.1 Å². The summed E-state index contributed by atoms with van der Waals surface area (Å²) in [6.07, 6.45) is 6.10. The normalized spacial score (nSPS) is 13.2. The number of aliphatic hydroxyl groups excluding tert-OH is 1. The fourth-order valence-corrected chi connectivity index (χ4v) is 5.85. The quantitative estimate of drug-likeness (QED) is 0.107. The Balaban J connectivity index is 2.12. The van der Waals surface area contributed by atoms with E-state index in [0.717, 1.165) is 24.0 Å². The molecule has 0 aromatic heterocycles. The molecule has 9 heteroatoms. The highest BCUT2D eigenvalue weighted by atomic mass is 32.2. The lowest BCUT2D eigenvalue weighted by atomic mass is 10.0. The highest BCUT2D eigenvalue weighted by Crippen LogP contribution is 2.30. The molecule has 226 valence electrons. The summed E-state index contributed by atoms with van der Waals surface area (Å²) in [5.74, 6) is -0.182. The number of carbonyl (C=O) groups is 2. The van der Waals surface area contributed by atoms with E-state index >= 15 is 0 Å². The molecule has 0 spiro atoms. The van der Waals surface area contributed by atoms with Gasteiger partial charge >= 0.3 is 11.9 Å². The van der Waals surface area contributed by atoms with Crippen LogP contribution in [0.1, 0.15) is 70.4 Å². The molecule has 2 rings (SSSR count). The second-order valence-corrected chi connectivity index (χ2v) is 12.4. The third-order valence-corrected chi connectivity index (χ3v) is 8.73. The first-order valence-electron chi connectivity index (χ1n) is 14.2. The Kier molecular flexibility index (Phi) is 14.1. The van der Waals surface area contributed by atoms with E-state index in [1.54, 1.807) is 75.4 Å². The summed E-state index contributed by atoms with van der Waals surface area (Å²) < 4.78 is 42.9. The summed E-state index contributed by atoms with van der Waals surface area (Å²) in [5, 5.41) is 10.0. The highest BCUT2D eigenvalue weighted by Gasteiger charge is 2.31. The van der Waals surface area contributed by atoms with Crippen LogP contribution in [-0.4, -0.2) is 50.5 Å². The van der Waals surface area contributed by atoms with Gasteiger partial charge in [0.15, 0.2) is 21.3 Å². The van der Waals surface area contributed by atoms with Crippen LogP contribution in [0.4, 0.5) is 0 Å². The van der Waals surface area contributed by atoms with Gasteiger partial charge in [-0.15, -0.1) is 0 Å². The van der Waals surface area contributed by atoms with Crippen molar-refractivity contribution in [2.75, 3.05) is 13.7 Å². The number of allylic oxidation sites excluding steroid dienone is 1. The summed E-state index contributed by atoms with van der Waals surface area (Å²) in [5.41, 5.74) is 1.75. The maximum absolute atomic E-state index is 13.6. The summed E-state index contributed by atoms with van der Waals surface area (Å²) in [7, 11) is -2.38. The first kappa shape index (κ1) is 34.0. The Hall–Kier alpha value is -3.17. The highest BCUT2D eigenvalue weighted by molar-refractivity contribution is 7.92. The van der Waals surface area contributed by atoms with Gasteiger partial charge in [-0.3, -0.25) is 9.59 Å². The zero-order chi connectivity index (χ0) is 30.4.